The molecule has 23 heavy (non-hydrogen) atoms. The Kier molecular flexibility index (Phi) is 5.79. The highest BCUT2D eigenvalue weighted by molar-refractivity contribution is 7.16. The Bertz CT molecular complexity index is 684. The standard InChI is InChI=1S/C17H21N3OS.ClH/c1-10-3-5-12(6-4-10)15-11(2)22-17(19-15)20-16(21)13-7-8-14(18)9-13;/h3-6,13-14H,7-9,18H2,1-2H3,(H,19,20,21);1H. The minimum absolute atomic E-state index is 0. The zero-order valence-corrected chi connectivity index (χ0v) is 15.0. The van der Waals surface area contributed by atoms with E-state index in [1.807, 2.05) is 6.92 Å². The second kappa shape index (κ2) is 7.43. The molecule has 1 aromatic heterocycles. The van der Waals surface area contributed by atoms with Crippen LogP contribution < -0.4 is 11.1 Å². The van der Waals surface area contributed by atoms with E-state index in [0.29, 0.717) is 5.13 Å². The Morgan fingerprint density at radius 3 is 2.57 bits per heavy atom. The van der Waals surface area contributed by atoms with Gasteiger partial charge in [-0.15, -0.1) is 23.7 Å². The summed E-state index contributed by atoms with van der Waals surface area (Å²) in [6, 6.07) is 8.45. The molecule has 1 saturated carbocycles. The number of halogens is 1. The van der Waals surface area contributed by atoms with E-state index in [1.54, 1.807) is 0 Å². The second-order valence-electron chi connectivity index (χ2n) is 6.05. The average molecular weight is 352 g/mol. The third-order valence-electron chi connectivity index (χ3n) is 4.20. The number of carbonyl (C=O) groups excluding carboxylic acids is 1. The third kappa shape index (κ3) is 4.10. The van der Waals surface area contributed by atoms with E-state index < -0.39 is 0 Å². The highest BCUT2D eigenvalue weighted by Gasteiger charge is 2.28. The predicted molar refractivity (Wildman–Crippen MR) is 98.2 cm³/mol. The van der Waals surface area contributed by atoms with Gasteiger partial charge in [0.2, 0.25) is 5.91 Å². The van der Waals surface area contributed by atoms with Crippen LogP contribution in [-0.4, -0.2) is 16.9 Å². The predicted octanol–water partition coefficient (Wildman–Crippen LogP) is 3.91. The minimum atomic E-state index is 0. The van der Waals surface area contributed by atoms with E-state index >= 15 is 0 Å². The van der Waals surface area contributed by atoms with E-state index in [9.17, 15) is 4.79 Å². The Balaban J connectivity index is 0.00000192. The number of aromatic nitrogens is 1. The van der Waals surface area contributed by atoms with Crippen LogP contribution in [0.15, 0.2) is 24.3 Å². The van der Waals surface area contributed by atoms with Gasteiger partial charge in [0.1, 0.15) is 0 Å². The Hall–Kier alpha value is -1.43. The molecule has 1 fully saturated rings. The molecule has 0 spiro atoms. The van der Waals surface area contributed by atoms with Gasteiger partial charge in [0, 0.05) is 22.4 Å². The summed E-state index contributed by atoms with van der Waals surface area (Å²) in [5.74, 6) is 0.0826. The molecule has 3 rings (SSSR count). The van der Waals surface area contributed by atoms with Gasteiger partial charge in [-0.2, -0.15) is 0 Å². The van der Waals surface area contributed by atoms with Crippen LogP contribution in [-0.2, 0) is 4.79 Å². The molecule has 2 aromatic rings. The van der Waals surface area contributed by atoms with Crippen LogP contribution in [0.1, 0.15) is 29.7 Å². The van der Waals surface area contributed by atoms with Gasteiger partial charge in [-0.1, -0.05) is 29.8 Å². The molecule has 2 unspecified atom stereocenters. The van der Waals surface area contributed by atoms with Gasteiger partial charge in [-0.25, -0.2) is 4.98 Å². The van der Waals surface area contributed by atoms with Crippen molar-refractivity contribution < 1.29 is 4.79 Å². The van der Waals surface area contributed by atoms with Gasteiger partial charge in [-0.05, 0) is 33.1 Å². The fourth-order valence-corrected chi connectivity index (χ4v) is 3.73. The molecular formula is C17H22ClN3OS. The summed E-state index contributed by atoms with van der Waals surface area (Å²) in [5.41, 5.74) is 9.14. The number of rotatable bonds is 3. The Morgan fingerprint density at radius 1 is 1.26 bits per heavy atom. The van der Waals surface area contributed by atoms with E-state index in [0.717, 1.165) is 35.4 Å². The van der Waals surface area contributed by atoms with E-state index in [2.05, 4.69) is 41.5 Å². The number of nitrogens with one attached hydrogen (secondary N) is 1. The molecule has 0 radical (unpaired) electrons. The first kappa shape index (κ1) is 17.9. The largest absolute Gasteiger partial charge is 0.328 e. The first-order chi connectivity index (χ1) is 10.5. The Labute approximate surface area is 146 Å². The summed E-state index contributed by atoms with van der Waals surface area (Å²) >= 11 is 1.53. The van der Waals surface area contributed by atoms with Crippen LogP contribution in [0.2, 0.25) is 0 Å². The topological polar surface area (TPSA) is 68.0 Å². The smallest absolute Gasteiger partial charge is 0.229 e. The maximum Gasteiger partial charge on any atom is 0.229 e. The summed E-state index contributed by atoms with van der Waals surface area (Å²) in [7, 11) is 0. The number of benzene rings is 1. The number of anilines is 1. The van der Waals surface area contributed by atoms with Crippen molar-refractivity contribution in [1.29, 1.82) is 0 Å². The molecule has 1 amide bonds. The number of carbonyl (C=O) groups is 1. The monoisotopic (exact) mass is 351 g/mol. The Morgan fingerprint density at radius 2 is 1.96 bits per heavy atom. The lowest BCUT2D eigenvalue weighted by molar-refractivity contribution is -0.119. The molecule has 2 atom stereocenters. The van der Waals surface area contributed by atoms with Gasteiger partial charge in [0.25, 0.3) is 0 Å². The molecule has 1 aliphatic carbocycles. The van der Waals surface area contributed by atoms with Crippen molar-refractivity contribution in [3.05, 3.63) is 34.7 Å². The van der Waals surface area contributed by atoms with E-state index in [1.165, 1.54) is 16.9 Å². The molecule has 6 heteroatoms. The molecule has 1 heterocycles. The van der Waals surface area contributed by atoms with Crippen molar-refractivity contribution in [1.82, 2.24) is 4.98 Å². The second-order valence-corrected chi connectivity index (χ2v) is 7.25. The highest BCUT2D eigenvalue weighted by Crippen LogP contribution is 2.32. The van der Waals surface area contributed by atoms with Gasteiger partial charge in [0.05, 0.1) is 5.69 Å². The van der Waals surface area contributed by atoms with Crippen LogP contribution in [0.25, 0.3) is 11.3 Å². The van der Waals surface area contributed by atoms with Crippen molar-refractivity contribution in [2.75, 3.05) is 5.32 Å². The lowest BCUT2D eigenvalue weighted by Crippen LogP contribution is -2.23. The van der Waals surface area contributed by atoms with E-state index in [4.69, 9.17) is 5.73 Å². The summed E-state index contributed by atoms with van der Waals surface area (Å²) in [5, 5.41) is 3.64. The van der Waals surface area contributed by atoms with Crippen LogP contribution in [0.5, 0.6) is 0 Å². The SMILES string of the molecule is Cc1ccc(-c2nc(NC(=O)C3CCC(N)C3)sc2C)cc1.Cl. The lowest BCUT2D eigenvalue weighted by Gasteiger charge is -2.08. The number of hydrogen-bond donors (Lipinski definition) is 2. The average Bonchev–Trinajstić information content (AvgIpc) is 3.06. The zero-order valence-electron chi connectivity index (χ0n) is 13.3. The first-order valence-electron chi connectivity index (χ1n) is 7.64. The van der Waals surface area contributed by atoms with Crippen LogP contribution >= 0.6 is 23.7 Å². The molecule has 0 saturated heterocycles. The van der Waals surface area contributed by atoms with Crippen molar-refractivity contribution >= 4 is 34.8 Å². The number of aryl methyl sites for hydroxylation is 2. The number of nitrogens with zero attached hydrogens (tertiary/aromatic N) is 1. The van der Waals surface area contributed by atoms with Gasteiger partial charge in [-0.3, -0.25) is 4.79 Å². The maximum absolute atomic E-state index is 12.3. The number of thiazole rings is 1. The number of hydrogen-bond acceptors (Lipinski definition) is 4. The quantitative estimate of drug-likeness (QED) is 0.880. The van der Waals surface area contributed by atoms with Crippen molar-refractivity contribution in [2.45, 2.75) is 39.2 Å². The summed E-state index contributed by atoms with van der Waals surface area (Å²) in [6.45, 7) is 4.10. The lowest BCUT2D eigenvalue weighted by atomic mass is 10.1. The van der Waals surface area contributed by atoms with Crippen LogP contribution in [0, 0.1) is 19.8 Å². The molecule has 1 aliphatic rings. The zero-order chi connectivity index (χ0) is 15.7. The third-order valence-corrected chi connectivity index (χ3v) is 5.08. The molecule has 3 N–H and O–H groups in total. The summed E-state index contributed by atoms with van der Waals surface area (Å²) < 4.78 is 0. The minimum Gasteiger partial charge on any atom is -0.328 e. The fourth-order valence-electron chi connectivity index (χ4n) is 2.89. The van der Waals surface area contributed by atoms with Gasteiger partial charge >= 0.3 is 0 Å². The van der Waals surface area contributed by atoms with Crippen molar-refractivity contribution in [3.8, 4) is 11.3 Å². The molecule has 124 valence electrons. The highest BCUT2D eigenvalue weighted by atomic mass is 35.5. The molecule has 1 aromatic carbocycles. The number of nitrogens with two attached hydrogens (primary N) is 1. The van der Waals surface area contributed by atoms with Gasteiger partial charge < -0.3 is 11.1 Å². The first-order valence-corrected chi connectivity index (χ1v) is 8.45. The maximum atomic E-state index is 12.3. The van der Waals surface area contributed by atoms with Crippen LogP contribution in [0.4, 0.5) is 5.13 Å². The molecular weight excluding hydrogens is 330 g/mol. The van der Waals surface area contributed by atoms with E-state index in [-0.39, 0.29) is 30.3 Å². The molecule has 0 bridgehead atoms. The fraction of sp³-hybridized carbons (Fsp3) is 0.412. The van der Waals surface area contributed by atoms with Crippen molar-refractivity contribution in [2.24, 2.45) is 11.7 Å². The van der Waals surface area contributed by atoms with Gasteiger partial charge in [0.15, 0.2) is 5.13 Å². The molecule has 0 aliphatic heterocycles. The molecule has 4 nitrogen and oxygen atoms in total. The number of amides is 1. The van der Waals surface area contributed by atoms with Crippen LogP contribution in [0.3, 0.4) is 0 Å². The van der Waals surface area contributed by atoms with Crippen molar-refractivity contribution in [3.63, 3.8) is 0 Å². The summed E-state index contributed by atoms with van der Waals surface area (Å²) in [6.07, 6.45) is 2.59. The summed E-state index contributed by atoms with van der Waals surface area (Å²) in [4.78, 5) is 18.0. The normalized spacial score (nSPS) is 20.1.